The zero-order valence-corrected chi connectivity index (χ0v) is 19.5. The molecule has 2 aromatic rings. The molecule has 2 aliphatic rings. The first kappa shape index (κ1) is 21.6. The van der Waals surface area contributed by atoms with Crippen molar-refractivity contribution in [3.63, 3.8) is 0 Å². The van der Waals surface area contributed by atoms with Crippen molar-refractivity contribution < 1.29 is 19.0 Å². The lowest BCUT2D eigenvalue weighted by Gasteiger charge is -2.26. The SMILES string of the molecule is COc1ccc(Cl)cc1C(=O)/N=c1\sc2c(n1C[C@H]1CCCO1)C(C)(C)OC2(C)C. The number of carbonyl (C=O) groups excluding carboxylic acids is 1. The van der Waals surface area contributed by atoms with E-state index in [1.54, 1.807) is 18.2 Å². The number of carbonyl (C=O) groups is 1. The molecule has 0 unspecified atom stereocenters. The summed E-state index contributed by atoms with van der Waals surface area (Å²) in [5, 5.41) is 0.464. The van der Waals surface area contributed by atoms with Gasteiger partial charge in [-0.15, -0.1) is 0 Å². The van der Waals surface area contributed by atoms with Crippen molar-refractivity contribution in [3.05, 3.63) is 44.2 Å². The molecule has 0 bridgehead atoms. The van der Waals surface area contributed by atoms with Crippen LogP contribution in [0.25, 0.3) is 0 Å². The number of methoxy groups -OCH3 is 1. The van der Waals surface area contributed by atoms with E-state index in [0.717, 1.165) is 30.0 Å². The van der Waals surface area contributed by atoms with E-state index in [1.807, 2.05) is 0 Å². The Labute approximate surface area is 185 Å². The highest BCUT2D eigenvalue weighted by Gasteiger charge is 2.47. The van der Waals surface area contributed by atoms with Gasteiger partial charge >= 0.3 is 0 Å². The molecule has 1 amide bonds. The number of hydrogen-bond donors (Lipinski definition) is 0. The number of aromatic nitrogens is 1. The van der Waals surface area contributed by atoms with E-state index < -0.39 is 11.2 Å². The van der Waals surface area contributed by atoms with Crippen molar-refractivity contribution >= 4 is 28.8 Å². The zero-order valence-electron chi connectivity index (χ0n) is 18.0. The minimum absolute atomic E-state index is 0.109. The third kappa shape index (κ3) is 3.84. The fourth-order valence-electron chi connectivity index (χ4n) is 4.39. The smallest absolute Gasteiger partial charge is 0.283 e. The summed E-state index contributed by atoms with van der Waals surface area (Å²) in [7, 11) is 1.53. The highest BCUT2D eigenvalue weighted by molar-refractivity contribution is 7.09. The molecular formula is C22H27ClN2O4S. The molecule has 0 radical (unpaired) electrons. The Balaban J connectivity index is 1.85. The lowest BCUT2D eigenvalue weighted by molar-refractivity contribution is -0.107. The van der Waals surface area contributed by atoms with E-state index in [-0.39, 0.29) is 12.0 Å². The van der Waals surface area contributed by atoms with E-state index in [4.69, 9.17) is 25.8 Å². The molecule has 0 N–H and O–H groups in total. The number of amides is 1. The van der Waals surface area contributed by atoms with Crippen LogP contribution in [0.2, 0.25) is 5.02 Å². The molecule has 2 aliphatic heterocycles. The summed E-state index contributed by atoms with van der Waals surface area (Å²) < 4.78 is 19.7. The van der Waals surface area contributed by atoms with Crippen LogP contribution < -0.4 is 9.54 Å². The summed E-state index contributed by atoms with van der Waals surface area (Å²) in [6, 6.07) is 4.96. The average molecular weight is 451 g/mol. The van der Waals surface area contributed by atoms with E-state index in [9.17, 15) is 4.79 Å². The van der Waals surface area contributed by atoms with Gasteiger partial charge in [0.1, 0.15) is 11.4 Å². The summed E-state index contributed by atoms with van der Waals surface area (Å²) in [5.41, 5.74) is 0.472. The second kappa shape index (κ2) is 7.79. The van der Waals surface area contributed by atoms with Crippen LogP contribution in [0.15, 0.2) is 23.2 Å². The van der Waals surface area contributed by atoms with Crippen LogP contribution in [0.1, 0.15) is 61.5 Å². The third-order valence-electron chi connectivity index (χ3n) is 5.54. The van der Waals surface area contributed by atoms with E-state index in [0.29, 0.717) is 27.7 Å². The standard InChI is InChI=1S/C22H27ClN2O4S/c1-21(2)17-18(22(3,4)29-21)30-20(25(17)12-14-7-6-10-28-14)24-19(26)15-11-13(23)8-9-16(15)27-5/h8-9,11,14H,6-7,10,12H2,1-5H3/b24-20-/t14-/m1/s1. The Kier molecular flexibility index (Phi) is 5.60. The minimum Gasteiger partial charge on any atom is -0.496 e. The van der Waals surface area contributed by atoms with E-state index in [1.165, 1.54) is 18.4 Å². The number of fused-ring (bicyclic) bond motifs is 1. The molecule has 0 aliphatic carbocycles. The average Bonchev–Trinajstić information content (AvgIpc) is 3.33. The molecule has 1 aromatic heterocycles. The first-order chi connectivity index (χ1) is 14.1. The lowest BCUT2D eigenvalue weighted by Crippen LogP contribution is -2.32. The van der Waals surface area contributed by atoms with Crippen molar-refractivity contribution in [1.82, 2.24) is 4.57 Å². The summed E-state index contributed by atoms with van der Waals surface area (Å²) >= 11 is 7.62. The van der Waals surface area contributed by atoms with Gasteiger partial charge in [0.05, 0.1) is 41.5 Å². The van der Waals surface area contributed by atoms with Crippen molar-refractivity contribution in [2.75, 3.05) is 13.7 Å². The van der Waals surface area contributed by atoms with Gasteiger partial charge in [0.2, 0.25) is 0 Å². The second-order valence-electron chi connectivity index (χ2n) is 8.69. The van der Waals surface area contributed by atoms with Gasteiger partial charge in [-0.2, -0.15) is 4.99 Å². The second-order valence-corrected chi connectivity index (χ2v) is 10.1. The molecule has 8 heteroatoms. The molecule has 1 atom stereocenters. The van der Waals surface area contributed by atoms with E-state index >= 15 is 0 Å². The number of hydrogen-bond acceptors (Lipinski definition) is 5. The van der Waals surface area contributed by atoms with Crippen LogP contribution >= 0.6 is 22.9 Å². The van der Waals surface area contributed by atoms with Crippen LogP contribution in [0.3, 0.4) is 0 Å². The Morgan fingerprint density at radius 2 is 2.10 bits per heavy atom. The number of thiazole rings is 1. The van der Waals surface area contributed by atoms with Gasteiger partial charge in [0.25, 0.3) is 5.91 Å². The topological polar surface area (TPSA) is 62.0 Å². The molecule has 162 valence electrons. The zero-order chi connectivity index (χ0) is 21.7. The highest BCUT2D eigenvalue weighted by atomic mass is 35.5. The molecular weight excluding hydrogens is 424 g/mol. The van der Waals surface area contributed by atoms with Gasteiger partial charge in [-0.3, -0.25) is 4.79 Å². The fourth-order valence-corrected chi connectivity index (χ4v) is 5.89. The molecule has 6 nitrogen and oxygen atoms in total. The highest BCUT2D eigenvalue weighted by Crippen LogP contribution is 2.48. The number of rotatable bonds is 4. The van der Waals surface area contributed by atoms with Crippen LogP contribution in [0.4, 0.5) is 0 Å². The number of ether oxygens (including phenoxy) is 3. The summed E-state index contributed by atoms with van der Waals surface area (Å²) in [5.74, 6) is 0.0683. The van der Waals surface area contributed by atoms with Crippen molar-refractivity contribution in [3.8, 4) is 5.75 Å². The Bertz CT molecular complexity index is 1050. The summed E-state index contributed by atoms with van der Waals surface area (Å²) in [4.78, 5) is 19.4. The normalized spacial score (nSPS) is 22.3. The largest absolute Gasteiger partial charge is 0.496 e. The molecule has 30 heavy (non-hydrogen) atoms. The molecule has 0 saturated carbocycles. The van der Waals surface area contributed by atoms with Gasteiger partial charge in [-0.05, 0) is 58.7 Å². The molecule has 1 aromatic carbocycles. The summed E-state index contributed by atoms with van der Waals surface area (Å²) in [6.07, 6.45) is 2.16. The number of halogens is 1. The molecule has 1 fully saturated rings. The van der Waals surface area contributed by atoms with Crippen LogP contribution in [-0.4, -0.2) is 30.3 Å². The Morgan fingerprint density at radius 1 is 1.33 bits per heavy atom. The van der Waals surface area contributed by atoms with Crippen LogP contribution in [0, 0.1) is 0 Å². The third-order valence-corrected chi connectivity index (χ3v) is 7.15. The molecule has 3 heterocycles. The van der Waals surface area contributed by atoms with Crippen molar-refractivity contribution in [2.24, 2.45) is 4.99 Å². The Morgan fingerprint density at radius 3 is 2.77 bits per heavy atom. The molecule has 0 spiro atoms. The molecule has 4 rings (SSSR count). The monoisotopic (exact) mass is 450 g/mol. The number of benzene rings is 1. The predicted octanol–water partition coefficient (Wildman–Crippen LogP) is 4.63. The maximum Gasteiger partial charge on any atom is 0.283 e. The van der Waals surface area contributed by atoms with Crippen LogP contribution in [0.5, 0.6) is 5.75 Å². The van der Waals surface area contributed by atoms with Gasteiger partial charge in [0.15, 0.2) is 4.80 Å². The predicted molar refractivity (Wildman–Crippen MR) is 116 cm³/mol. The molecule has 1 saturated heterocycles. The van der Waals surface area contributed by atoms with Crippen LogP contribution in [-0.2, 0) is 27.2 Å². The Hall–Kier alpha value is -1.67. The summed E-state index contributed by atoms with van der Waals surface area (Å²) in [6.45, 7) is 9.65. The minimum atomic E-state index is -0.488. The first-order valence-electron chi connectivity index (χ1n) is 10.1. The van der Waals surface area contributed by atoms with Gasteiger partial charge in [0, 0.05) is 11.6 Å². The maximum atomic E-state index is 13.1. The van der Waals surface area contributed by atoms with Gasteiger partial charge < -0.3 is 18.8 Å². The maximum absolute atomic E-state index is 13.1. The number of nitrogens with zero attached hydrogens (tertiary/aromatic N) is 2. The van der Waals surface area contributed by atoms with Crippen molar-refractivity contribution in [2.45, 2.75) is 64.4 Å². The fraction of sp³-hybridized carbons (Fsp3) is 0.545. The van der Waals surface area contributed by atoms with Crippen molar-refractivity contribution in [1.29, 1.82) is 0 Å². The first-order valence-corrected chi connectivity index (χ1v) is 11.3. The van der Waals surface area contributed by atoms with E-state index in [2.05, 4.69) is 37.3 Å². The van der Waals surface area contributed by atoms with Gasteiger partial charge in [-0.1, -0.05) is 22.9 Å². The van der Waals surface area contributed by atoms with Gasteiger partial charge in [-0.25, -0.2) is 0 Å². The lowest BCUT2D eigenvalue weighted by atomic mass is 10.0. The quantitative estimate of drug-likeness (QED) is 0.681.